The molecule has 2 aliphatic carbocycles. The van der Waals surface area contributed by atoms with Crippen LogP contribution in [0, 0.1) is 29.4 Å². The van der Waals surface area contributed by atoms with E-state index in [0.29, 0.717) is 11.8 Å². The van der Waals surface area contributed by atoms with Gasteiger partial charge in [-0.15, -0.1) is 23.5 Å². The van der Waals surface area contributed by atoms with Crippen LogP contribution in [0.4, 0.5) is 14.5 Å². The van der Waals surface area contributed by atoms with Gasteiger partial charge in [-0.25, -0.2) is 8.78 Å². The molecular formula is C20H23F2NO3S2. The average Bonchev–Trinajstić information content (AvgIpc) is 3.12. The molecule has 8 heteroatoms. The van der Waals surface area contributed by atoms with Gasteiger partial charge in [0.2, 0.25) is 0 Å². The first-order chi connectivity index (χ1) is 13.5. The average molecular weight is 428 g/mol. The molecule has 4 nitrogen and oxygen atoms in total. The Hall–Kier alpha value is -1.28. The molecule has 1 spiro atoms. The summed E-state index contributed by atoms with van der Waals surface area (Å²) in [5, 5.41) is 2.14. The Morgan fingerprint density at radius 3 is 2.32 bits per heavy atom. The van der Waals surface area contributed by atoms with E-state index in [9.17, 15) is 18.4 Å². The molecule has 0 radical (unpaired) electrons. The van der Waals surface area contributed by atoms with Gasteiger partial charge in [0.05, 0.1) is 10.00 Å². The number of halogens is 2. The quantitative estimate of drug-likeness (QED) is 0.720. The topological polar surface area (TPSA) is 55.4 Å². The number of anilines is 1. The summed E-state index contributed by atoms with van der Waals surface area (Å²) in [4.78, 5) is 24.5. The minimum atomic E-state index is -0.864. The van der Waals surface area contributed by atoms with E-state index in [1.54, 1.807) is 0 Å². The summed E-state index contributed by atoms with van der Waals surface area (Å²) in [6, 6.07) is 3.33. The van der Waals surface area contributed by atoms with Crippen LogP contribution in [0.2, 0.25) is 0 Å². The molecule has 1 aromatic carbocycles. The third-order valence-electron chi connectivity index (χ3n) is 6.03. The molecule has 3 atom stereocenters. The van der Waals surface area contributed by atoms with Crippen LogP contribution >= 0.6 is 23.5 Å². The van der Waals surface area contributed by atoms with E-state index in [1.165, 1.54) is 24.0 Å². The number of carbonyl (C=O) groups is 2. The van der Waals surface area contributed by atoms with Gasteiger partial charge in [0, 0.05) is 11.5 Å². The molecule has 1 saturated heterocycles. The summed E-state index contributed by atoms with van der Waals surface area (Å²) >= 11 is 4.14. The SMILES string of the molecule is O=C(COC(=O)C1C[C@H]2CCC[C@@H](C1)C21SCCS1)Nc1c(F)cccc1F. The summed E-state index contributed by atoms with van der Waals surface area (Å²) < 4.78 is 32.7. The molecule has 1 heterocycles. The zero-order valence-corrected chi connectivity index (χ0v) is 17.1. The summed E-state index contributed by atoms with van der Waals surface area (Å²) in [5.41, 5.74) is -0.520. The van der Waals surface area contributed by atoms with Crippen LogP contribution in [-0.2, 0) is 14.3 Å². The molecule has 1 unspecified atom stereocenters. The third-order valence-corrected chi connectivity index (χ3v) is 10.0. The lowest BCUT2D eigenvalue weighted by molar-refractivity contribution is -0.154. The van der Waals surface area contributed by atoms with Crippen molar-refractivity contribution in [2.45, 2.75) is 36.2 Å². The van der Waals surface area contributed by atoms with Crippen LogP contribution in [0.5, 0.6) is 0 Å². The first-order valence-corrected chi connectivity index (χ1v) is 11.6. The highest BCUT2D eigenvalue weighted by molar-refractivity contribution is 8.21. The van der Waals surface area contributed by atoms with Crippen LogP contribution in [0.15, 0.2) is 18.2 Å². The smallest absolute Gasteiger partial charge is 0.309 e. The fraction of sp³-hybridized carbons (Fsp3) is 0.600. The van der Waals surface area contributed by atoms with Gasteiger partial charge < -0.3 is 10.1 Å². The second kappa shape index (κ2) is 8.22. The zero-order chi connectivity index (χ0) is 19.7. The van der Waals surface area contributed by atoms with Gasteiger partial charge >= 0.3 is 5.97 Å². The summed E-state index contributed by atoms with van der Waals surface area (Å²) in [6.45, 7) is -0.535. The lowest BCUT2D eigenvalue weighted by Crippen LogP contribution is -2.48. The van der Waals surface area contributed by atoms with E-state index >= 15 is 0 Å². The van der Waals surface area contributed by atoms with Crippen molar-refractivity contribution in [3.8, 4) is 0 Å². The van der Waals surface area contributed by atoms with Crippen LogP contribution in [0.3, 0.4) is 0 Å². The summed E-state index contributed by atoms with van der Waals surface area (Å²) in [7, 11) is 0. The highest BCUT2D eigenvalue weighted by atomic mass is 32.2. The normalized spacial score (nSPS) is 28.1. The van der Waals surface area contributed by atoms with Crippen molar-refractivity contribution in [3.63, 3.8) is 0 Å². The number of benzene rings is 1. The van der Waals surface area contributed by atoms with Crippen LogP contribution < -0.4 is 5.32 Å². The number of para-hydroxylation sites is 1. The highest BCUT2D eigenvalue weighted by Gasteiger charge is 2.55. The van der Waals surface area contributed by atoms with E-state index in [-0.39, 0.29) is 16.0 Å². The molecule has 1 aliphatic heterocycles. The molecule has 3 aliphatic rings. The fourth-order valence-electron chi connectivity index (χ4n) is 4.85. The highest BCUT2D eigenvalue weighted by Crippen LogP contribution is 2.64. The van der Waals surface area contributed by atoms with Crippen molar-refractivity contribution in [3.05, 3.63) is 29.8 Å². The number of carbonyl (C=O) groups excluding carboxylic acids is 2. The molecule has 28 heavy (non-hydrogen) atoms. The fourth-order valence-corrected chi connectivity index (χ4v) is 8.79. The number of thioether (sulfide) groups is 2. The first kappa shape index (κ1) is 20.0. The molecule has 0 aromatic heterocycles. The van der Waals surface area contributed by atoms with E-state index in [2.05, 4.69) is 28.8 Å². The molecule has 152 valence electrons. The van der Waals surface area contributed by atoms with Crippen molar-refractivity contribution in [1.82, 2.24) is 0 Å². The number of nitrogens with one attached hydrogen (secondary N) is 1. The maximum atomic E-state index is 13.6. The van der Waals surface area contributed by atoms with Gasteiger partial charge in [-0.1, -0.05) is 12.5 Å². The maximum Gasteiger partial charge on any atom is 0.309 e. The zero-order valence-electron chi connectivity index (χ0n) is 15.4. The van der Waals surface area contributed by atoms with Crippen molar-refractivity contribution >= 4 is 41.1 Å². The maximum absolute atomic E-state index is 13.6. The Morgan fingerprint density at radius 1 is 1.11 bits per heavy atom. The number of amides is 1. The minimum Gasteiger partial charge on any atom is -0.455 e. The van der Waals surface area contributed by atoms with Gasteiger partial charge in [0.1, 0.15) is 17.3 Å². The molecule has 2 saturated carbocycles. The molecule has 1 aromatic rings. The Balaban J connectivity index is 1.33. The van der Waals surface area contributed by atoms with Gasteiger partial charge in [-0.05, 0) is 49.7 Å². The Bertz CT molecular complexity index is 734. The van der Waals surface area contributed by atoms with E-state index in [0.717, 1.165) is 37.8 Å². The van der Waals surface area contributed by atoms with E-state index in [1.807, 2.05) is 0 Å². The summed E-state index contributed by atoms with van der Waals surface area (Å²) in [6.07, 6.45) is 5.12. The van der Waals surface area contributed by atoms with Gasteiger partial charge in [-0.3, -0.25) is 9.59 Å². The first-order valence-electron chi connectivity index (χ1n) is 9.68. The minimum absolute atomic E-state index is 0.194. The van der Waals surface area contributed by atoms with Gasteiger partial charge in [0.15, 0.2) is 6.61 Å². The monoisotopic (exact) mass is 427 g/mol. The second-order valence-corrected chi connectivity index (χ2v) is 10.7. The molecule has 1 N–H and O–H groups in total. The lowest BCUT2D eigenvalue weighted by atomic mass is 9.67. The van der Waals surface area contributed by atoms with Gasteiger partial charge in [-0.2, -0.15) is 0 Å². The molecular weight excluding hydrogens is 404 g/mol. The number of rotatable bonds is 4. The molecule has 4 rings (SSSR count). The summed E-state index contributed by atoms with van der Waals surface area (Å²) in [5.74, 6) is 0.344. The van der Waals surface area contributed by atoms with Crippen LogP contribution in [0.1, 0.15) is 32.1 Å². The second-order valence-electron chi connectivity index (χ2n) is 7.66. The number of hydrogen-bond donors (Lipinski definition) is 1. The predicted molar refractivity (Wildman–Crippen MR) is 107 cm³/mol. The van der Waals surface area contributed by atoms with E-state index in [4.69, 9.17) is 4.74 Å². The van der Waals surface area contributed by atoms with Crippen molar-refractivity contribution in [1.29, 1.82) is 0 Å². The van der Waals surface area contributed by atoms with E-state index < -0.39 is 29.8 Å². The third kappa shape index (κ3) is 3.77. The lowest BCUT2D eigenvalue weighted by Gasteiger charge is -2.51. The number of esters is 1. The number of hydrogen-bond acceptors (Lipinski definition) is 5. The standard InChI is InChI=1S/C20H23F2NO3S2/c21-15-5-2-6-16(22)18(15)23-17(24)11-26-19(25)12-9-13-3-1-4-14(10-12)20(13)27-7-8-28-20/h2,5-6,12-14H,1,3-4,7-11H2,(H,23,24)/t12?,13-,14+. The van der Waals surface area contributed by atoms with Gasteiger partial charge in [0.25, 0.3) is 5.91 Å². The largest absolute Gasteiger partial charge is 0.455 e. The van der Waals surface area contributed by atoms with Crippen molar-refractivity contribution < 1.29 is 23.1 Å². The predicted octanol–water partition coefficient (Wildman–Crippen LogP) is 4.45. The van der Waals surface area contributed by atoms with Crippen LogP contribution in [0.25, 0.3) is 0 Å². The number of ether oxygens (including phenoxy) is 1. The Morgan fingerprint density at radius 2 is 1.71 bits per heavy atom. The van der Waals surface area contributed by atoms with Crippen molar-refractivity contribution in [2.24, 2.45) is 17.8 Å². The molecule has 2 bridgehead atoms. The molecule has 1 amide bonds. The van der Waals surface area contributed by atoms with Crippen LogP contribution in [-0.4, -0.2) is 34.1 Å². The van der Waals surface area contributed by atoms with Crippen molar-refractivity contribution in [2.75, 3.05) is 23.4 Å². The Kier molecular flexibility index (Phi) is 5.88. The molecule has 3 fully saturated rings. The Labute approximate surface area is 171 Å².